The Morgan fingerprint density at radius 3 is 0.467 bits per heavy atom. The third kappa shape index (κ3) is 10.7. The Kier molecular flexibility index (Phi) is 15.2. The normalized spacial score (nSPS) is 23.2. The molecule has 0 N–H and O–H groups in total. The maximum absolute atomic E-state index is 2.65. The van der Waals surface area contributed by atoms with Crippen LogP contribution in [0.4, 0.5) is 0 Å². The Morgan fingerprint density at radius 2 is 0.433 bits per heavy atom. The topological polar surface area (TPSA) is 0 Å². The smallest absolute Gasteiger partial charge is 0.327 e. The van der Waals surface area contributed by atoms with Crippen LogP contribution in [0.5, 0.6) is 0 Å². The van der Waals surface area contributed by atoms with Gasteiger partial charge in [0.25, 0.3) is 0 Å². The molecule has 2 aliphatic rings. The Bertz CT molecular complexity index is 333. The van der Waals surface area contributed by atoms with Crippen LogP contribution in [0.2, 0.25) is 39.3 Å². The molecular weight excluding hydrogens is 519 g/mol. The van der Waals surface area contributed by atoms with Gasteiger partial charge >= 0.3 is 35.6 Å². The van der Waals surface area contributed by atoms with Gasteiger partial charge in [0, 0.05) is 0 Å². The quantitative estimate of drug-likeness (QED) is 0.231. The molecular formula is C27H49LaSi2+2. The maximum Gasteiger partial charge on any atom is 3.00 e. The van der Waals surface area contributed by atoms with Crippen molar-refractivity contribution in [3.05, 3.63) is 64.8 Å². The van der Waals surface area contributed by atoms with E-state index >= 15 is 0 Å². The molecule has 0 atom stereocenters. The van der Waals surface area contributed by atoms with E-state index in [1.54, 1.807) is 0 Å². The molecule has 0 aliphatic heterocycles. The number of rotatable bonds is 2. The third-order valence-corrected chi connectivity index (χ3v) is 13.4. The summed E-state index contributed by atoms with van der Waals surface area (Å²) in [6.07, 6.45) is 0. The first-order valence-electron chi connectivity index (χ1n) is 11.1. The fourth-order valence-corrected chi connectivity index (χ4v) is 14.5. The molecule has 0 unspecified atom stereocenters. The molecule has 2 aliphatic carbocycles. The molecule has 0 bridgehead atoms. The van der Waals surface area contributed by atoms with Crippen molar-refractivity contribution < 1.29 is 35.6 Å². The zero-order valence-corrected chi connectivity index (χ0v) is 28.8. The van der Waals surface area contributed by atoms with Crippen LogP contribution in [0.1, 0.15) is 69.2 Å². The van der Waals surface area contributed by atoms with E-state index in [9.17, 15) is 0 Å². The average Bonchev–Trinajstić information content (AvgIpc) is 2.83. The summed E-state index contributed by atoms with van der Waals surface area (Å²) in [7, 11) is -1.71. The Balaban J connectivity index is 0. The first kappa shape index (κ1) is 33.8. The van der Waals surface area contributed by atoms with E-state index in [0.717, 1.165) is 0 Å². The summed E-state index contributed by atoms with van der Waals surface area (Å²) in [5.74, 6) is 14.7. The van der Waals surface area contributed by atoms with Gasteiger partial charge in [-0.1, -0.05) is 109 Å². The van der Waals surface area contributed by atoms with Gasteiger partial charge in [-0.15, -0.1) is 16.1 Å². The minimum atomic E-state index is -0.856. The van der Waals surface area contributed by atoms with Crippen molar-refractivity contribution in [3.8, 4) is 0 Å². The Labute approximate surface area is 223 Å². The molecule has 30 heavy (non-hydrogen) atoms. The van der Waals surface area contributed by atoms with Crippen LogP contribution in [0.15, 0.2) is 0 Å². The minimum absolute atomic E-state index is 0. The van der Waals surface area contributed by atoms with Crippen LogP contribution in [-0.4, -0.2) is 16.1 Å². The van der Waals surface area contributed by atoms with Gasteiger partial charge in [0.1, 0.15) is 0 Å². The molecule has 0 aromatic rings. The second-order valence-electron chi connectivity index (χ2n) is 11.1. The molecule has 0 aromatic heterocycles. The number of hydrogen-bond donors (Lipinski definition) is 0. The van der Waals surface area contributed by atoms with Crippen molar-refractivity contribution in [2.24, 2.45) is 0 Å². The van der Waals surface area contributed by atoms with E-state index in [4.69, 9.17) is 0 Å². The van der Waals surface area contributed by atoms with Crippen LogP contribution in [-0.2, 0) is 0 Å². The van der Waals surface area contributed by atoms with E-state index in [2.05, 4.69) is 114 Å². The fourth-order valence-electron chi connectivity index (χ4n) is 4.11. The fraction of sp³-hybridized carbons (Fsp3) is 0.593. The molecule has 0 saturated heterocycles. The van der Waals surface area contributed by atoms with E-state index in [1.807, 2.05) is 0 Å². The zero-order valence-electron chi connectivity index (χ0n) is 23.2. The van der Waals surface area contributed by atoms with Gasteiger partial charge < -0.3 is 5.67 Å². The van der Waals surface area contributed by atoms with Crippen molar-refractivity contribution in [3.63, 3.8) is 0 Å². The van der Waals surface area contributed by atoms with Crippen molar-refractivity contribution >= 4 is 16.1 Å². The number of hydrogen-bond acceptors (Lipinski definition) is 0. The molecule has 2 saturated carbocycles. The van der Waals surface area contributed by atoms with Crippen LogP contribution in [0, 0.1) is 100 Å². The molecule has 0 amide bonds. The average molecular weight is 569 g/mol. The zero-order chi connectivity index (χ0) is 23.5. The Morgan fingerprint density at radius 1 is 0.333 bits per heavy atom. The van der Waals surface area contributed by atoms with E-state index in [1.165, 1.54) is 59.2 Å². The second-order valence-corrected chi connectivity index (χ2v) is 21.7. The van der Waals surface area contributed by atoms with Gasteiger partial charge in [-0.25, -0.2) is 0 Å². The predicted molar refractivity (Wildman–Crippen MR) is 140 cm³/mol. The largest absolute Gasteiger partial charge is 3.00 e. The molecule has 2 rings (SSSR count). The predicted octanol–water partition coefficient (Wildman–Crippen LogP) is 8.89. The second kappa shape index (κ2) is 13.5. The van der Waals surface area contributed by atoms with Crippen molar-refractivity contribution in [2.75, 3.05) is 0 Å². The van der Waals surface area contributed by atoms with Gasteiger partial charge in [0.2, 0.25) is 0 Å². The maximum atomic E-state index is 2.65. The van der Waals surface area contributed by atoms with Crippen LogP contribution in [0.25, 0.3) is 0 Å². The summed E-state index contributed by atoms with van der Waals surface area (Å²) in [6.45, 7) is 36.4. The molecule has 3 heteroatoms. The van der Waals surface area contributed by atoms with E-state index in [-0.39, 0.29) is 35.6 Å². The van der Waals surface area contributed by atoms with Crippen molar-refractivity contribution in [1.29, 1.82) is 0 Å². The van der Waals surface area contributed by atoms with Crippen molar-refractivity contribution in [1.82, 2.24) is 0 Å². The molecule has 0 aromatic carbocycles. The summed E-state index contributed by atoms with van der Waals surface area (Å²) in [6, 6.07) is 0. The van der Waals surface area contributed by atoms with Gasteiger partial charge in [-0.2, -0.15) is 0 Å². The van der Waals surface area contributed by atoms with Crippen molar-refractivity contribution in [2.45, 2.75) is 109 Å². The van der Waals surface area contributed by atoms with E-state index in [0.29, 0.717) is 0 Å². The van der Waals surface area contributed by atoms with Gasteiger partial charge in [-0.05, 0) is 59.2 Å². The van der Waals surface area contributed by atoms with Gasteiger partial charge in [0.15, 0.2) is 0 Å². The summed E-state index contributed by atoms with van der Waals surface area (Å²) in [5, 5.41) is 0. The molecule has 2 fully saturated rings. The minimum Gasteiger partial charge on any atom is -0.327 e. The molecule has 0 nitrogen and oxygen atoms in total. The summed E-state index contributed by atoms with van der Waals surface area (Å²) < 4.78 is 0. The van der Waals surface area contributed by atoms with Crippen LogP contribution < -0.4 is 0 Å². The van der Waals surface area contributed by atoms with Gasteiger partial charge in [0.05, 0.1) is 0 Å². The summed E-state index contributed by atoms with van der Waals surface area (Å²) >= 11 is 0. The summed E-state index contributed by atoms with van der Waals surface area (Å²) in [4.78, 5) is 0. The molecule has 10 radical (unpaired) electrons. The summed E-state index contributed by atoms with van der Waals surface area (Å²) in [5.41, 5.74) is 2.65. The van der Waals surface area contributed by atoms with Crippen LogP contribution >= 0.6 is 0 Å². The van der Waals surface area contributed by atoms with Gasteiger partial charge in [-0.3, -0.25) is 0 Å². The third-order valence-electron chi connectivity index (χ3n) is 6.49. The van der Waals surface area contributed by atoms with Crippen LogP contribution in [0.3, 0.4) is 0 Å². The molecule has 0 heterocycles. The molecule has 0 spiro atoms. The molecule has 166 valence electrons. The first-order chi connectivity index (χ1) is 12.8. The SMILES string of the molecule is C[C]1[C](C)[C](C)[C](C)[C]1C.C[C]1[C](C)[C](C)[C](C)[C]1C.C[Si](C)(C)[CH-][Si](C)(C)C.[La+3]. The monoisotopic (exact) mass is 568 g/mol. The standard InChI is InChI=1S/2C10H15.C7H19Si2.La/c2*1-6-7(2)9(4)10(5)8(6)3;1-8(2,3)7-9(4,5)6;/h2*1-5H3;7H,1-6H3;/q;;-1;+3. The van der Waals surface area contributed by atoms with E-state index < -0.39 is 16.1 Å². The first-order valence-corrected chi connectivity index (χ1v) is 18.2. The Hall–Kier alpha value is 1.63.